The van der Waals surface area contributed by atoms with E-state index in [-0.39, 0.29) is 12.1 Å². The Morgan fingerprint density at radius 3 is 0.917 bits per heavy atom. The van der Waals surface area contributed by atoms with Crippen LogP contribution in [0.1, 0.15) is 264 Å². The number of carboxylic acid groups (broad SMARTS) is 1. The standard InChI is InChI=1S/C44H86O4/c1-3-5-7-9-11-12-13-14-15-16-17-18-19-20-21-22-23-24-29-33-37-41-44(47)48-42(38-34-30-10-8-6-4-2)39-35-31-27-25-26-28-32-36-40-43(45)46/h42H,3-41H2,1-2H3,(H,45,46). The van der Waals surface area contributed by atoms with E-state index < -0.39 is 5.97 Å². The zero-order valence-electron chi connectivity index (χ0n) is 32.8. The molecule has 0 amide bonds. The first-order valence-electron chi connectivity index (χ1n) is 22.0. The molecule has 1 unspecified atom stereocenters. The summed E-state index contributed by atoms with van der Waals surface area (Å²) >= 11 is 0. The van der Waals surface area contributed by atoms with Gasteiger partial charge in [-0.1, -0.05) is 213 Å². The van der Waals surface area contributed by atoms with E-state index in [9.17, 15) is 9.59 Å². The average Bonchev–Trinajstić information content (AvgIpc) is 3.07. The second-order valence-electron chi connectivity index (χ2n) is 15.3. The smallest absolute Gasteiger partial charge is 0.306 e. The fourth-order valence-electron chi connectivity index (χ4n) is 7.07. The van der Waals surface area contributed by atoms with Gasteiger partial charge < -0.3 is 9.84 Å². The number of hydrogen-bond donors (Lipinski definition) is 1. The van der Waals surface area contributed by atoms with Crippen molar-refractivity contribution in [3.63, 3.8) is 0 Å². The maximum absolute atomic E-state index is 12.7. The molecule has 1 N–H and O–H groups in total. The summed E-state index contributed by atoms with van der Waals surface area (Å²) in [4.78, 5) is 23.3. The van der Waals surface area contributed by atoms with Crippen LogP contribution in [0.25, 0.3) is 0 Å². The Labute approximate surface area is 301 Å². The highest BCUT2D eigenvalue weighted by Gasteiger charge is 2.14. The van der Waals surface area contributed by atoms with Crippen molar-refractivity contribution in [2.24, 2.45) is 0 Å². The Morgan fingerprint density at radius 1 is 0.375 bits per heavy atom. The summed E-state index contributed by atoms with van der Waals surface area (Å²) in [6, 6.07) is 0. The Kier molecular flexibility index (Phi) is 39.5. The molecule has 0 aliphatic rings. The van der Waals surface area contributed by atoms with Crippen LogP contribution in [0.4, 0.5) is 0 Å². The molecule has 48 heavy (non-hydrogen) atoms. The van der Waals surface area contributed by atoms with Gasteiger partial charge in [0.2, 0.25) is 0 Å². The van der Waals surface area contributed by atoms with E-state index in [0.717, 1.165) is 51.4 Å². The van der Waals surface area contributed by atoms with Crippen molar-refractivity contribution in [1.29, 1.82) is 0 Å². The summed E-state index contributed by atoms with van der Waals surface area (Å²) in [5.74, 6) is -0.646. The number of unbranched alkanes of at least 4 members (excludes halogenated alkanes) is 32. The highest BCUT2D eigenvalue weighted by Crippen LogP contribution is 2.19. The van der Waals surface area contributed by atoms with Gasteiger partial charge in [-0.2, -0.15) is 0 Å². The number of carboxylic acids is 1. The van der Waals surface area contributed by atoms with Crippen LogP contribution >= 0.6 is 0 Å². The van der Waals surface area contributed by atoms with Crippen LogP contribution in [0, 0.1) is 0 Å². The molecule has 0 rings (SSSR count). The molecule has 4 nitrogen and oxygen atoms in total. The van der Waals surface area contributed by atoms with Gasteiger partial charge in [0.05, 0.1) is 0 Å². The molecule has 0 heterocycles. The molecule has 0 saturated heterocycles. The quantitative estimate of drug-likeness (QED) is 0.0516. The molecule has 4 heteroatoms. The lowest BCUT2D eigenvalue weighted by molar-refractivity contribution is -0.150. The van der Waals surface area contributed by atoms with E-state index in [1.807, 2.05) is 0 Å². The van der Waals surface area contributed by atoms with E-state index in [2.05, 4.69) is 13.8 Å². The molecule has 0 bridgehead atoms. The maximum atomic E-state index is 12.7. The lowest BCUT2D eigenvalue weighted by atomic mass is 10.0. The van der Waals surface area contributed by atoms with Crippen LogP contribution in [0.3, 0.4) is 0 Å². The molecular formula is C44H86O4. The third kappa shape index (κ3) is 39.4. The summed E-state index contributed by atoms with van der Waals surface area (Å²) in [6.07, 6.45) is 48.7. The number of aliphatic carboxylic acids is 1. The van der Waals surface area contributed by atoms with Crippen LogP contribution in [0.15, 0.2) is 0 Å². The topological polar surface area (TPSA) is 63.6 Å². The largest absolute Gasteiger partial charge is 0.481 e. The number of esters is 1. The summed E-state index contributed by atoms with van der Waals surface area (Å²) in [5.41, 5.74) is 0. The van der Waals surface area contributed by atoms with Gasteiger partial charge >= 0.3 is 11.9 Å². The van der Waals surface area contributed by atoms with Crippen LogP contribution in [-0.2, 0) is 14.3 Å². The zero-order valence-corrected chi connectivity index (χ0v) is 32.8. The Morgan fingerprint density at radius 2 is 0.625 bits per heavy atom. The van der Waals surface area contributed by atoms with Gasteiger partial charge in [0.1, 0.15) is 6.10 Å². The third-order valence-corrected chi connectivity index (χ3v) is 10.3. The van der Waals surface area contributed by atoms with Gasteiger partial charge in [-0.3, -0.25) is 9.59 Å². The summed E-state index contributed by atoms with van der Waals surface area (Å²) in [6.45, 7) is 4.56. The van der Waals surface area contributed by atoms with Crippen molar-refractivity contribution in [1.82, 2.24) is 0 Å². The van der Waals surface area contributed by atoms with Gasteiger partial charge in [-0.05, 0) is 38.5 Å². The first-order chi connectivity index (χ1) is 23.6. The number of hydrogen-bond acceptors (Lipinski definition) is 3. The summed E-state index contributed by atoms with van der Waals surface area (Å²) in [5, 5.41) is 8.74. The monoisotopic (exact) mass is 679 g/mol. The van der Waals surface area contributed by atoms with Gasteiger partial charge in [0.15, 0.2) is 0 Å². The number of rotatable bonds is 41. The molecule has 0 aromatic rings. The van der Waals surface area contributed by atoms with E-state index in [1.165, 1.54) is 186 Å². The second-order valence-corrected chi connectivity index (χ2v) is 15.3. The molecule has 0 spiro atoms. The van der Waals surface area contributed by atoms with Crippen molar-refractivity contribution < 1.29 is 19.4 Å². The zero-order chi connectivity index (χ0) is 35.0. The van der Waals surface area contributed by atoms with Crippen LogP contribution in [0.2, 0.25) is 0 Å². The highest BCUT2D eigenvalue weighted by atomic mass is 16.5. The number of carbonyl (C=O) groups is 2. The van der Waals surface area contributed by atoms with E-state index in [1.54, 1.807) is 0 Å². The minimum atomic E-state index is -0.679. The van der Waals surface area contributed by atoms with Crippen LogP contribution in [0.5, 0.6) is 0 Å². The van der Waals surface area contributed by atoms with Gasteiger partial charge in [-0.15, -0.1) is 0 Å². The molecule has 0 aliphatic heterocycles. The molecule has 0 radical (unpaired) electrons. The summed E-state index contributed by atoms with van der Waals surface area (Å²) in [7, 11) is 0. The maximum Gasteiger partial charge on any atom is 0.306 e. The first-order valence-corrected chi connectivity index (χ1v) is 22.0. The third-order valence-electron chi connectivity index (χ3n) is 10.3. The first kappa shape index (κ1) is 46.9. The van der Waals surface area contributed by atoms with Crippen molar-refractivity contribution in [3.05, 3.63) is 0 Å². The van der Waals surface area contributed by atoms with Crippen LogP contribution < -0.4 is 0 Å². The minimum absolute atomic E-state index is 0.0325. The highest BCUT2D eigenvalue weighted by molar-refractivity contribution is 5.69. The Bertz CT molecular complexity index is 648. The number of carbonyl (C=O) groups excluding carboxylic acids is 1. The lowest BCUT2D eigenvalue weighted by Gasteiger charge is -2.18. The summed E-state index contributed by atoms with van der Waals surface area (Å²) < 4.78 is 6.03. The fraction of sp³-hybridized carbons (Fsp3) is 0.955. The van der Waals surface area contributed by atoms with E-state index >= 15 is 0 Å². The molecule has 0 saturated carbocycles. The van der Waals surface area contributed by atoms with Gasteiger partial charge in [0, 0.05) is 12.8 Å². The Balaban J connectivity index is 3.75. The van der Waals surface area contributed by atoms with E-state index in [4.69, 9.17) is 9.84 Å². The molecular weight excluding hydrogens is 592 g/mol. The predicted molar refractivity (Wildman–Crippen MR) is 209 cm³/mol. The van der Waals surface area contributed by atoms with Crippen LogP contribution in [-0.4, -0.2) is 23.1 Å². The van der Waals surface area contributed by atoms with Crippen molar-refractivity contribution in [2.45, 2.75) is 270 Å². The van der Waals surface area contributed by atoms with Crippen molar-refractivity contribution >= 4 is 11.9 Å². The fourth-order valence-corrected chi connectivity index (χ4v) is 7.07. The molecule has 0 aromatic heterocycles. The average molecular weight is 679 g/mol. The molecule has 1 atom stereocenters. The molecule has 0 fully saturated rings. The Hall–Kier alpha value is -1.06. The number of ether oxygens (including phenoxy) is 1. The van der Waals surface area contributed by atoms with Crippen molar-refractivity contribution in [3.8, 4) is 0 Å². The molecule has 0 aliphatic carbocycles. The SMILES string of the molecule is CCCCCCCCCCCCCCCCCCCCCCCC(=O)OC(CCCCCCCC)CCCCCCCCCCC(=O)O. The van der Waals surface area contributed by atoms with Gasteiger partial charge in [-0.25, -0.2) is 0 Å². The molecule has 0 aromatic carbocycles. The van der Waals surface area contributed by atoms with E-state index in [0.29, 0.717) is 12.8 Å². The van der Waals surface area contributed by atoms with Crippen molar-refractivity contribution in [2.75, 3.05) is 0 Å². The minimum Gasteiger partial charge on any atom is -0.481 e. The lowest BCUT2D eigenvalue weighted by Crippen LogP contribution is -2.18. The predicted octanol–water partition coefficient (Wildman–Crippen LogP) is 15.2. The molecule has 286 valence electrons. The normalized spacial score (nSPS) is 12.0. The van der Waals surface area contributed by atoms with Gasteiger partial charge in [0.25, 0.3) is 0 Å². The second kappa shape index (κ2) is 40.4.